The highest BCUT2D eigenvalue weighted by Crippen LogP contribution is 2.26. The molecule has 0 amide bonds. The minimum absolute atomic E-state index is 0.0339. The van der Waals surface area contributed by atoms with Crippen LogP contribution in [0.4, 0.5) is 13.2 Å². The summed E-state index contributed by atoms with van der Waals surface area (Å²) < 4.78 is 56.4. The Hall–Kier alpha value is -2.26. The number of aromatic nitrogens is 3. The average molecular weight is 383 g/mol. The molecule has 0 radical (unpaired) electrons. The smallest absolute Gasteiger partial charge is 0.422 e. The van der Waals surface area contributed by atoms with Crippen molar-refractivity contribution in [1.82, 2.24) is 14.5 Å². The van der Waals surface area contributed by atoms with Crippen LogP contribution < -0.4 is 4.74 Å². The van der Waals surface area contributed by atoms with E-state index in [1.54, 1.807) is 18.5 Å². The van der Waals surface area contributed by atoms with Gasteiger partial charge >= 0.3 is 11.3 Å². The predicted molar refractivity (Wildman–Crippen MR) is 91.4 cm³/mol. The molecule has 2 heterocycles. The van der Waals surface area contributed by atoms with Crippen molar-refractivity contribution in [2.75, 3.05) is 6.61 Å². The molecule has 0 fully saturated rings. The molecular weight excluding hydrogens is 367 g/mol. The molecule has 0 saturated carbocycles. The van der Waals surface area contributed by atoms with E-state index in [-0.39, 0.29) is 11.5 Å². The molecule has 0 spiro atoms. The van der Waals surface area contributed by atoms with Gasteiger partial charge in [0.2, 0.25) is 0 Å². The van der Waals surface area contributed by atoms with Crippen LogP contribution in [0, 0.1) is 6.92 Å². The maximum absolute atomic E-state index is 12.8. The zero-order valence-electron chi connectivity index (χ0n) is 14.1. The van der Waals surface area contributed by atoms with E-state index in [1.165, 1.54) is 12.3 Å². The number of alkyl halides is 3. The Morgan fingerprint density at radius 3 is 2.65 bits per heavy atom. The highest BCUT2D eigenvalue weighted by molar-refractivity contribution is 7.90. The van der Waals surface area contributed by atoms with Crippen LogP contribution >= 0.6 is 0 Å². The number of hydrogen-bond donors (Lipinski definition) is 0. The fraction of sp³-hybridized carbons (Fsp3) is 0.294. The van der Waals surface area contributed by atoms with E-state index < -0.39 is 24.0 Å². The van der Waals surface area contributed by atoms with Crippen molar-refractivity contribution < 1.29 is 22.5 Å². The van der Waals surface area contributed by atoms with Crippen LogP contribution in [-0.2, 0) is 24.0 Å². The van der Waals surface area contributed by atoms with E-state index in [0.717, 1.165) is 11.0 Å². The van der Waals surface area contributed by atoms with Gasteiger partial charge in [0, 0.05) is 30.0 Å². The lowest BCUT2D eigenvalue weighted by atomic mass is 10.2. The summed E-state index contributed by atoms with van der Waals surface area (Å²) in [6, 6.07) is 8.77. The molecule has 2 aromatic heterocycles. The van der Waals surface area contributed by atoms with Crippen LogP contribution in [-0.4, -0.2) is 31.9 Å². The van der Waals surface area contributed by atoms with Crippen LogP contribution in [0.2, 0.25) is 0 Å². The Morgan fingerprint density at radius 1 is 1.23 bits per heavy atom. The summed E-state index contributed by atoms with van der Waals surface area (Å²) in [7, 11) is 1.77. The molecule has 0 saturated heterocycles. The van der Waals surface area contributed by atoms with Gasteiger partial charge in [-0.1, -0.05) is 12.1 Å². The molecular formula is C17H16F3N3O2S. The van der Waals surface area contributed by atoms with Crippen molar-refractivity contribution >= 4 is 22.2 Å². The van der Waals surface area contributed by atoms with Gasteiger partial charge in [0.1, 0.15) is 5.75 Å². The van der Waals surface area contributed by atoms with E-state index in [9.17, 15) is 17.7 Å². The van der Waals surface area contributed by atoms with Crippen LogP contribution in [0.3, 0.4) is 0 Å². The maximum atomic E-state index is 12.8. The molecule has 26 heavy (non-hydrogen) atoms. The van der Waals surface area contributed by atoms with Crippen LogP contribution in [0.25, 0.3) is 11.0 Å². The van der Waals surface area contributed by atoms with Gasteiger partial charge in [-0.25, -0.2) is 0 Å². The second-order valence-corrected chi connectivity index (χ2v) is 7.06. The highest BCUT2D eigenvalue weighted by atomic mass is 32.2. The first-order valence-corrected chi connectivity index (χ1v) is 9.02. The first kappa shape index (κ1) is 18.5. The number of pyridine rings is 1. The van der Waals surface area contributed by atoms with Gasteiger partial charge in [-0.15, -0.1) is 0 Å². The Bertz CT molecular complexity index is 927. The summed E-state index contributed by atoms with van der Waals surface area (Å²) in [5.74, 6) is 0.112. The van der Waals surface area contributed by atoms with Gasteiger partial charge in [-0.3, -0.25) is 9.55 Å². The minimum Gasteiger partial charge on any atom is -0.609 e. The summed E-state index contributed by atoms with van der Waals surface area (Å²) in [5, 5.41) is 0.383. The van der Waals surface area contributed by atoms with Crippen molar-refractivity contribution in [2.24, 2.45) is 7.05 Å². The normalized spacial score (nSPS) is 13.2. The topological polar surface area (TPSA) is 63.0 Å². The molecule has 3 aromatic rings. The van der Waals surface area contributed by atoms with Gasteiger partial charge in [0.05, 0.1) is 16.7 Å². The van der Waals surface area contributed by atoms with Crippen LogP contribution in [0.15, 0.2) is 41.7 Å². The largest absolute Gasteiger partial charge is 0.609 e. The SMILES string of the molecule is Cc1c(OCC(F)(F)F)ccnc1C[S@@+]([O-])c1nc2ccccc2n1C. The number of halogens is 3. The zero-order valence-corrected chi connectivity index (χ0v) is 14.9. The molecule has 0 N–H and O–H groups in total. The Balaban J connectivity index is 1.82. The lowest BCUT2D eigenvalue weighted by Gasteiger charge is -2.14. The molecule has 0 aliphatic carbocycles. The lowest BCUT2D eigenvalue weighted by molar-refractivity contribution is -0.153. The lowest BCUT2D eigenvalue weighted by Crippen LogP contribution is -2.20. The monoisotopic (exact) mass is 383 g/mol. The summed E-state index contributed by atoms with van der Waals surface area (Å²) in [6.07, 6.45) is -3.08. The van der Waals surface area contributed by atoms with Crippen molar-refractivity contribution in [3.05, 3.63) is 47.8 Å². The summed E-state index contributed by atoms with van der Waals surface area (Å²) in [4.78, 5) is 8.53. The minimum atomic E-state index is -4.42. The third-order valence-corrected chi connectivity index (χ3v) is 5.18. The van der Waals surface area contributed by atoms with Gasteiger partial charge in [-0.2, -0.15) is 18.2 Å². The molecule has 138 valence electrons. The number of para-hydroxylation sites is 2. The molecule has 0 aliphatic heterocycles. The fourth-order valence-electron chi connectivity index (χ4n) is 2.54. The van der Waals surface area contributed by atoms with E-state index in [1.807, 2.05) is 24.3 Å². The third-order valence-electron chi connectivity index (χ3n) is 3.87. The van der Waals surface area contributed by atoms with E-state index in [4.69, 9.17) is 4.74 Å². The fourth-order valence-corrected chi connectivity index (χ4v) is 3.81. The predicted octanol–water partition coefficient (Wildman–Crippen LogP) is 3.53. The molecule has 0 bridgehead atoms. The first-order valence-electron chi connectivity index (χ1n) is 7.70. The first-order chi connectivity index (χ1) is 12.3. The van der Waals surface area contributed by atoms with Crippen molar-refractivity contribution in [1.29, 1.82) is 0 Å². The molecule has 9 heteroatoms. The molecule has 5 nitrogen and oxygen atoms in total. The maximum Gasteiger partial charge on any atom is 0.422 e. The van der Waals surface area contributed by atoms with Gasteiger partial charge in [0.15, 0.2) is 12.4 Å². The standard InChI is InChI=1S/C17H16F3N3O2S/c1-11-13(21-8-7-15(11)25-10-17(18,19)20)9-26(24)16-22-12-5-3-4-6-14(12)23(16)2/h3-8H,9-10H2,1-2H3/t26-/m1/s1. The molecule has 1 atom stereocenters. The second-order valence-electron chi connectivity index (χ2n) is 5.72. The number of rotatable bonds is 5. The number of aryl methyl sites for hydroxylation is 1. The van der Waals surface area contributed by atoms with Gasteiger partial charge in [-0.05, 0) is 25.1 Å². The number of ether oxygens (including phenoxy) is 1. The van der Waals surface area contributed by atoms with Crippen LogP contribution in [0.1, 0.15) is 11.3 Å². The summed E-state index contributed by atoms with van der Waals surface area (Å²) >= 11 is -1.51. The molecule has 1 aromatic carbocycles. The zero-order chi connectivity index (χ0) is 18.9. The molecule has 3 rings (SSSR count). The van der Waals surface area contributed by atoms with Crippen LogP contribution in [0.5, 0.6) is 5.75 Å². The van der Waals surface area contributed by atoms with E-state index in [0.29, 0.717) is 16.4 Å². The Kier molecular flexibility index (Phi) is 5.10. The number of benzene rings is 1. The highest BCUT2D eigenvalue weighted by Gasteiger charge is 2.29. The quantitative estimate of drug-likeness (QED) is 0.633. The van der Waals surface area contributed by atoms with Crippen molar-refractivity contribution in [3.8, 4) is 5.75 Å². The average Bonchev–Trinajstić information content (AvgIpc) is 2.92. The molecule has 0 aliphatic rings. The number of nitrogens with zero attached hydrogens (tertiary/aromatic N) is 3. The van der Waals surface area contributed by atoms with Crippen molar-refractivity contribution in [3.63, 3.8) is 0 Å². The third kappa shape index (κ3) is 3.94. The van der Waals surface area contributed by atoms with Crippen molar-refractivity contribution in [2.45, 2.75) is 24.0 Å². The van der Waals surface area contributed by atoms with Gasteiger partial charge in [0.25, 0.3) is 0 Å². The Labute approximate surface area is 151 Å². The summed E-state index contributed by atoms with van der Waals surface area (Å²) in [5.41, 5.74) is 2.42. The van der Waals surface area contributed by atoms with Gasteiger partial charge < -0.3 is 9.29 Å². The van der Waals surface area contributed by atoms with E-state index in [2.05, 4.69) is 9.97 Å². The molecule has 0 unspecified atom stereocenters. The second kappa shape index (κ2) is 7.16. The summed E-state index contributed by atoms with van der Waals surface area (Å²) in [6.45, 7) is 0.214. The number of hydrogen-bond acceptors (Lipinski definition) is 4. The number of fused-ring (bicyclic) bond motifs is 1. The number of imidazole rings is 1. The Morgan fingerprint density at radius 2 is 1.96 bits per heavy atom. The van der Waals surface area contributed by atoms with E-state index >= 15 is 0 Å².